The maximum Gasteiger partial charge on any atom is 0.272 e. The van der Waals surface area contributed by atoms with E-state index in [1.54, 1.807) is 6.07 Å². The van der Waals surface area contributed by atoms with Crippen LogP contribution in [0.4, 0.5) is 0 Å². The Morgan fingerprint density at radius 3 is 2.69 bits per heavy atom. The van der Waals surface area contributed by atoms with E-state index in [4.69, 9.17) is 0 Å². The number of aromatic nitrogens is 3. The lowest BCUT2D eigenvalue weighted by atomic mass is 9.90. The van der Waals surface area contributed by atoms with Gasteiger partial charge in [0.25, 0.3) is 11.5 Å². The molecule has 1 aliphatic rings. The van der Waals surface area contributed by atoms with E-state index in [-0.39, 0.29) is 11.5 Å². The fraction of sp³-hybridized carbons (Fsp3) is 0.300. The van der Waals surface area contributed by atoms with Crippen LogP contribution in [0.3, 0.4) is 0 Å². The van der Waals surface area contributed by atoms with Crippen LogP contribution >= 0.6 is 0 Å². The Bertz CT molecular complexity index is 976. The zero-order valence-electron chi connectivity index (χ0n) is 14.4. The lowest BCUT2D eigenvalue weighted by molar-refractivity contribution is 0.0685. The van der Waals surface area contributed by atoms with Crippen molar-refractivity contribution < 1.29 is 4.79 Å². The van der Waals surface area contributed by atoms with Crippen molar-refractivity contribution in [1.82, 2.24) is 19.9 Å². The molecule has 132 valence electrons. The second kappa shape index (κ2) is 7.07. The van der Waals surface area contributed by atoms with Gasteiger partial charge in [-0.1, -0.05) is 30.3 Å². The van der Waals surface area contributed by atoms with Gasteiger partial charge in [0.2, 0.25) is 0 Å². The van der Waals surface area contributed by atoms with Gasteiger partial charge in [0, 0.05) is 13.1 Å². The first kappa shape index (κ1) is 16.4. The molecule has 0 bridgehead atoms. The molecule has 6 nitrogen and oxygen atoms in total. The standard InChI is InChI=1S/C20H20N4O2/c25-19-16-11-17(21-12-18(16)22-13-23-19)20(26)24-8-6-15(7-9-24)10-14-4-2-1-3-5-14/h1-5,11-13,15H,6-10H2,(H,22,23,25). The summed E-state index contributed by atoms with van der Waals surface area (Å²) in [5.41, 5.74) is 1.89. The molecule has 1 aromatic carbocycles. The van der Waals surface area contributed by atoms with Crippen LogP contribution in [0.5, 0.6) is 0 Å². The molecular weight excluding hydrogens is 328 g/mol. The number of benzene rings is 1. The van der Waals surface area contributed by atoms with E-state index < -0.39 is 0 Å². The molecule has 3 heterocycles. The molecule has 1 fully saturated rings. The number of piperidine rings is 1. The van der Waals surface area contributed by atoms with Crippen LogP contribution in [0.1, 0.15) is 28.9 Å². The minimum atomic E-state index is -0.256. The van der Waals surface area contributed by atoms with Crippen LogP contribution in [0, 0.1) is 5.92 Å². The Hall–Kier alpha value is -3.02. The topological polar surface area (TPSA) is 79.0 Å². The van der Waals surface area contributed by atoms with Crippen molar-refractivity contribution in [2.24, 2.45) is 5.92 Å². The zero-order chi connectivity index (χ0) is 17.9. The highest BCUT2D eigenvalue weighted by Gasteiger charge is 2.24. The number of pyridine rings is 1. The molecule has 1 aliphatic heterocycles. The predicted molar refractivity (Wildman–Crippen MR) is 98.9 cm³/mol. The number of nitrogens with zero attached hydrogens (tertiary/aromatic N) is 3. The zero-order valence-corrected chi connectivity index (χ0v) is 14.4. The number of rotatable bonds is 3. The number of hydrogen-bond acceptors (Lipinski definition) is 4. The maximum absolute atomic E-state index is 12.8. The Kier molecular flexibility index (Phi) is 4.48. The average Bonchev–Trinajstić information content (AvgIpc) is 2.69. The molecule has 6 heteroatoms. The van der Waals surface area contributed by atoms with E-state index in [9.17, 15) is 9.59 Å². The van der Waals surface area contributed by atoms with Gasteiger partial charge in [-0.3, -0.25) is 9.59 Å². The van der Waals surface area contributed by atoms with E-state index in [0.717, 1.165) is 32.4 Å². The molecule has 26 heavy (non-hydrogen) atoms. The molecule has 0 atom stereocenters. The summed E-state index contributed by atoms with van der Waals surface area (Å²) in [6.07, 6.45) is 5.84. The Balaban J connectivity index is 1.43. The summed E-state index contributed by atoms with van der Waals surface area (Å²) in [5, 5.41) is 0.393. The van der Waals surface area contributed by atoms with Crippen molar-refractivity contribution in [3.05, 3.63) is 70.5 Å². The van der Waals surface area contributed by atoms with Crippen molar-refractivity contribution in [2.75, 3.05) is 13.1 Å². The monoisotopic (exact) mass is 348 g/mol. The van der Waals surface area contributed by atoms with Gasteiger partial charge in [-0.15, -0.1) is 0 Å². The molecule has 3 aromatic rings. The number of nitrogens with one attached hydrogen (secondary N) is 1. The van der Waals surface area contributed by atoms with Crippen LogP contribution < -0.4 is 5.56 Å². The van der Waals surface area contributed by atoms with Gasteiger partial charge in [-0.2, -0.15) is 0 Å². The second-order valence-corrected chi connectivity index (χ2v) is 6.74. The molecule has 2 aromatic heterocycles. The van der Waals surface area contributed by atoms with Crippen LogP contribution in [-0.2, 0) is 6.42 Å². The maximum atomic E-state index is 12.8. The largest absolute Gasteiger partial charge is 0.337 e. The summed E-state index contributed by atoms with van der Waals surface area (Å²) in [6.45, 7) is 1.44. The quantitative estimate of drug-likeness (QED) is 0.788. The molecular formula is C20H20N4O2. The van der Waals surface area contributed by atoms with Gasteiger partial charge in [-0.05, 0) is 36.8 Å². The smallest absolute Gasteiger partial charge is 0.272 e. The summed E-state index contributed by atoms with van der Waals surface area (Å²) < 4.78 is 0. The molecule has 0 radical (unpaired) electrons. The molecule has 4 rings (SSSR count). The van der Waals surface area contributed by atoms with Crippen molar-refractivity contribution in [3.63, 3.8) is 0 Å². The molecule has 0 unspecified atom stereocenters. The molecule has 1 amide bonds. The summed E-state index contributed by atoms with van der Waals surface area (Å²) in [6, 6.07) is 12.0. The van der Waals surface area contributed by atoms with E-state index in [0.29, 0.717) is 22.5 Å². The molecule has 1 saturated heterocycles. The number of hydrogen-bond donors (Lipinski definition) is 1. The van der Waals surface area contributed by atoms with Gasteiger partial charge in [-0.25, -0.2) is 9.97 Å². The second-order valence-electron chi connectivity index (χ2n) is 6.74. The van der Waals surface area contributed by atoms with Gasteiger partial charge in [0.05, 0.1) is 23.4 Å². The van der Waals surface area contributed by atoms with E-state index in [1.165, 1.54) is 18.1 Å². The molecule has 0 aliphatic carbocycles. The lowest BCUT2D eigenvalue weighted by Gasteiger charge is -2.32. The van der Waals surface area contributed by atoms with Crippen molar-refractivity contribution in [3.8, 4) is 0 Å². The molecule has 0 spiro atoms. The summed E-state index contributed by atoms with van der Waals surface area (Å²) in [7, 11) is 0. The molecule has 0 saturated carbocycles. The Labute approximate surface area is 150 Å². The third kappa shape index (κ3) is 3.35. The first-order valence-electron chi connectivity index (χ1n) is 8.87. The number of H-pyrrole nitrogens is 1. The number of amides is 1. The van der Waals surface area contributed by atoms with Gasteiger partial charge < -0.3 is 9.88 Å². The summed E-state index contributed by atoms with van der Waals surface area (Å²) in [4.78, 5) is 37.3. The number of carbonyl (C=O) groups is 1. The summed E-state index contributed by atoms with van der Waals surface area (Å²) in [5.74, 6) is 0.478. The fourth-order valence-electron chi connectivity index (χ4n) is 3.54. The van der Waals surface area contributed by atoms with Crippen molar-refractivity contribution >= 4 is 16.8 Å². The van der Waals surface area contributed by atoms with Gasteiger partial charge in [0.15, 0.2) is 0 Å². The van der Waals surface area contributed by atoms with Crippen LogP contribution in [0.15, 0.2) is 53.7 Å². The highest BCUT2D eigenvalue weighted by Crippen LogP contribution is 2.22. The highest BCUT2D eigenvalue weighted by molar-refractivity contribution is 5.95. The summed E-state index contributed by atoms with van der Waals surface area (Å²) >= 11 is 0. The third-order valence-corrected chi connectivity index (χ3v) is 5.01. The number of fused-ring (bicyclic) bond motifs is 1. The number of likely N-dealkylation sites (tertiary alicyclic amines) is 1. The first-order valence-corrected chi connectivity index (χ1v) is 8.87. The predicted octanol–water partition coefficient (Wildman–Crippen LogP) is 2.41. The van der Waals surface area contributed by atoms with Crippen molar-refractivity contribution in [1.29, 1.82) is 0 Å². The minimum Gasteiger partial charge on any atom is -0.337 e. The number of aromatic amines is 1. The van der Waals surface area contributed by atoms with Crippen molar-refractivity contribution in [2.45, 2.75) is 19.3 Å². The van der Waals surface area contributed by atoms with Crippen LogP contribution in [-0.4, -0.2) is 38.8 Å². The van der Waals surface area contributed by atoms with E-state index >= 15 is 0 Å². The first-order chi connectivity index (χ1) is 12.7. The molecule has 1 N–H and O–H groups in total. The van der Waals surface area contributed by atoms with Crippen LogP contribution in [0.25, 0.3) is 10.9 Å². The highest BCUT2D eigenvalue weighted by atomic mass is 16.2. The fourth-order valence-corrected chi connectivity index (χ4v) is 3.54. The van der Waals surface area contributed by atoms with E-state index in [2.05, 4.69) is 39.2 Å². The number of carbonyl (C=O) groups excluding carboxylic acids is 1. The van der Waals surface area contributed by atoms with Crippen LogP contribution in [0.2, 0.25) is 0 Å². The SMILES string of the molecule is O=C(c1cc2c(=O)[nH]cnc2cn1)N1CCC(Cc2ccccc2)CC1. The lowest BCUT2D eigenvalue weighted by Crippen LogP contribution is -2.39. The third-order valence-electron chi connectivity index (χ3n) is 5.01. The minimum absolute atomic E-state index is 0.117. The normalized spacial score (nSPS) is 15.3. The Morgan fingerprint density at radius 2 is 1.92 bits per heavy atom. The average molecular weight is 348 g/mol. The van der Waals surface area contributed by atoms with Gasteiger partial charge >= 0.3 is 0 Å². The van der Waals surface area contributed by atoms with E-state index in [1.807, 2.05) is 11.0 Å². The Morgan fingerprint density at radius 1 is 1.15 bits per heavy atom. The van der Waals surface area contributed by atoms with Gasteiger partial charge in [0.1, 0.15) is 5.69 Å².